The fourth-order valence-corrected chi connectivity index (χ4v) is 17.2. The molecule has 4 aliphatic heterocycles. The molecule has 13 heterocycles. The molecule has 0 atom stereocenters. The van der Waals surface area contributed by atoms with Crippen LogP contribution in [0.4, 0.5) is 4.39 Å². The highest BCUT2D eigenvalue weighted by Crippen LogP contribution is 2.35. The number of likely N-dealkylation sites (tertiary alicyclic amines) is 1. The van der Waals surface area contributed by atoms with E-state index in [0.717, 1.165) is 145 Å². The van der Waals surface area contributed by atoms with Gasteiger partial charge in [0.05, 0.1) is 50.6 Å². The molecule has 0 radical (unpaired) electrons. The summed E-state index contributed by atoms with van der Waals surface area (Å²) in [5.41, 5.74) is 20.7. The zero-order valence-corrected chi connectivity index (χ0v) is 75.2. The van der Waals surface area contributed by atoms with Gasteiger partial charge in [-0.05, 0) is 172 Å². The van der Waals surface area contributed by atoms with Crippen LogP contribution in [-0.2, 0) is 64.6 Å². The van der Waals surface area contributed by atoms with Gasteiger partial charge in [-0.15, -0.1) is 41.9 Å². The lowest BCUT2D eigenvalue weighted by Gasteiger charge is -2.30. The molecule has 9 aromatic heterocycles. The molecule has 4 aliphatic rings. The molecule has 30 heteroatoms. The summed E-state index contributed by atoms with van der Waals surface area (Å²) < 4.78 is 37.6. The maximum absolute atomic E-state index is 13.8. The van der Waals surface area contributed by atoms with Gasteiger partial charge in [0.25, 0.3) is 0 Å². The molecule has 0 saturated carbocycles. The first-order chi connectivity index (χ1) is 62.5. The van der Waals surface area contributed by atoms with E-state index in [1.165, 1.54) is 22.1 Å². The third-order valence-corrected chi connectivity index (χ3v) is 24.7. The Morgan fingerprint density at radius 1 is 0.426 bits per heavy atom. The molecule has 0 aliphatic carbocycles. The average Bonchev–Trinajstić information content (AvgIpc) is 1.66. The molecular weight excluding hydrogens is 1670 g/mol. The SMILES string of the molecule is CCc1cc(-c2cccc(Cl)c2)nn1CC(=O)N1CCC(c2nnc(C)o2)CC1.Cc1ccc(-c2cc(-c3ccccc3)n(CC(=O)N3CCc4nc(C)sc4CC3)n2)nc1.Cc1nnc(C2=CCN(C(=O)Cn3nc(-c4ccc(C)c(C)c4)cc3-c3ccccc3)CC2)o1.Cc1nnc(C2=CCN(C(=O)Cn3nc(-c4ccc(F)c(C)c4)cc3-c3ccccc3)CC2)o1. The van der Waals surface area contributed by atoms with Crippen molar-refractivity contribution in [3.63, 3.8) is 0 Å². The predicted molar refractivity (Wildman–Crippen MR) is 493 cm³/mol. The molecule has 6 aromatic carbocycles. The van der Waals surface area contributed by atoms with Crippen LogP contribution in [0.3, 0.4) is 0 Å². The third-order valence-electron chi connectivity index (χ3n) is 23.4. The maximum atomic E-state index is 13.8. The van der Waals surface area contributed by atoms with E-state index in [1.807, 2.05) is 207 Å². The van der Waals surface area contributed by atoms with Crippen LogP contribution in [0.5, 0.6) is 0 Å². The summed E-state index contributed by atoms with van der Waals surface area (Å²) in [5.74, 6) is 3.53. The second-order valence-corrected chi connectivity index (χ2v) is 34.3. The molecule has 0 spiro atoms. The van der Waals surface area contributed by atoms with E-state index in [2.05, 4.69) is 90.7 Å². The van der Waals surface area contributed by atoms with Crippen molar-refractivity contribution >= 4 is 57.7 Å². The number of thiazole rings is 1. The third kappa shape index (κ3) is 21.6. The first-order valence-electron chi connectivity index (χ1n) is 43.4. The molecule has 19 rings (SSSR count). The highest BCUT2D eigenvalue weighted by molar-refractivity contribution is 7.11. The summed E-state index contributed by atoms with van der Waals surface area (Å²) in [6.45, 7) is 23.1. The quantitative estimate of drug-likeness (QED) is 0.0726. The zero-order chi connectivity index (χ0) is 89.8. The Bertz CT molecular complexity index is 6320. The number of aromatic nitrogens is 16. The van der Waals surface area contributed by atoms with Gasteiger partial charge in [0, 0.05) is 142 Å². The Morgan fingerprint density at radius 2 is 0.891 bits per heavy atom. The van der Waals surface area contributed by atoms with Crippen LogP contribution < -0.4 is 0 Å². The topological polar surface area (TPSA) is 295 Å². The average molecular weight is 1770 g/mol. The number of rotatable bonds is 19. The summed E-state index contributed by atoms with van der Waals surface area (Å²) in [5, 5.41) is 44.8. The van der Waals surface area contributed by atoms with E-state index in [9.17, 15) is 23.6 Å². The molecule has 27 nitrogen and oxygen atoms in total. The zero-order valence-electron chi connectivity index (χ0n) is 73.6. The van der Waals surface area contributed by atoms with Crippen molar-refractivity contribution in [2.75, 3.05) is 52.4 Å². The lowest BCUT2D eigenvalue weighted by Crippen LogP contribution is -2.40. The molecule has 4 amide bonds. The van der Waals surface area contributed by atoms with Gasteiger partial charge >= 0.3 is 0 Å². The first-order valence-corrected chi connectivity index (χ1v) is 44.6. The van der Waals surface area contributed by atoms with Crippen molar-refractivity contribution in [2.24, 2.45) is 0 Å². The van der Waals surface area contributed by atoms with E-state index >= 15 is 0 Å². The van der Waals surface area contributed by atoms with E-state index in [-0.39, 0.29) is 61.5 Å². The Balaban J connectivity index is 0.000000126. The number of hydrogen-bond donors (Lipinski definition) is 0. The van der Waals surface area contributed by atoms with Gasteiger partial charge in [0.15, 0.2) is 0 Å². The highest BCUT2D eigenvalue weighted by atomic mass is 35.5. The monoisotopic (exact) mass is 1770 g/mol. The number of piperidine rings is 1. The number of benzene rings is 6. The van der Waals surface area contributed by atoms with E-state index in [0.29, 0.717) is 110 Å². The summed E-state index contributed by atoms with van der Waals surface area (Å²) in [4.78, 5) is 70.5. The van der Waals surface area contributed by atoms with Crippen molar-refractivity contribution in [1.29, 1.82) is 0 Å². The van der Waals surface area contributed by atoms with Gasteiger partial charge in [-0.25, -0.2) is 9.37 Å². The van der Waals surface area contributed by atoms with Gasteiger partial charge in [0.1, 0.15) is 37.7 Å². The number of carbonyl (C=O) groups excluding carboxylic acids is 4. The molecule has 658 valence electrons. The second kappa shape index (κ2) is 40.3. The summed E-state index contributed by atoms with van der Waals surface area (Å²) in [7, 11) is 0. The number of amides is 4. The van der Waals surface area contributed by atoms with Gasteiger partial charge in [-0.3, -0.25) is 42.9 Å². The van der Waals surface area contributed by atoms with Crippen LogP contribution in [0, 0.1) is 61.2 Å². The molecule has 129 heavy (non-hydrogen) atoms. The highest BCUT2D eigenvalue weighted by Gasteiger charge is 2.31. The smallest absolute Gasteiger partial charge is 0.244 e. The number of hydrogen-bond acceptors (Lipinski definition) is 20. The largest absolute Gasteiger partial charge is 0.425 e. The second-order valence-electron chi connectivity index (χ2n) is 32.5. The molecule has 0 unspecified atom stereocenters. The molecule has 15 aromatic rings. The summed E-state index contributed by atoms with van der Waals surface area (Å²) >= 11 is 7.86. The van der Waals surface area contributed by atoms with Crippen molar-refractivity contribution in [2.45, 2.75) is 139 Å². The molecular formula is C99H100ClFN20O7S. The summed E-state index contributed by atoms with van der Waals surface area (Å²) in [6.07, 6.45) is 11.3. The summed E-state index contributed by atoms with van der Waals surface area (Å²) in [6, 6.07) is 60.9. The molecule has 0 N–H and O–H groups in total. The van der Waals surface area contributed by atoms with Crippen LogP contribution in [0.1, 0.15) is 117 Å². The maximum Gasteiger partial charge on any atom is 0.244 e. The molecule has 0 bridgehead atoms. The minimum atomic E-state index is -0.255. The predicted octanol–water partition coefficient (Wildman–Crippen LogP) is 17.7. The van der Waals surface area contributed by atoms with Gasteiger partial charge in [0.2, 0.25) is 59.0 Å². The minimum absolute atomic E-state index is 0.0286. The van der Waals surface area contributed by atoms with Crippen LogP contribution in [0.25, 0.3) is 90.1 Å². The van der Waals surface area contributed by atoms with Crippen LogP contribution in [0.2, 0.25) is 5.02 Å². The van der Waals surface area contributed by atoms with E-state index in [4.69, 9.17) is 40.1 Å². The van der Waals surface area contributed by atoms with E-state index < -0.39 is 0 Å². The molecule has 1 saturated heterocycles. The van der Waals surface area contributed by atoms with E-state index in [1.54, 1.807) is 60.7 Å². The van der Waals surface area contributed by atoms with Crippen molar-refractivity contribution in [1.82, 2.24) is 99.3 Å². The van der Waals surface area contributed by atoms with Crippen LogP contribution >= 0.6 is 22.9 Å². The Kier molecular flexibility index (Phi) is 27.6. The number of aryl methyl sites for hydroxylation is 9. The minimum Gasteiger partial charge on any atom is -0.425 e. The fraction of sp³-hybridized carbons (Fsp3) is 0.293. The number of fused-ring (bicyclic) bond motifs is 1. The number of carbonyl (C=O) groups is 4. The Morgan fingerprint density at radius 3 is 1.38 bits per heavy atom. The number of nitrogens with zero attached hydrogens (tertiary/aromatic N) is 20. The lowest BCUT2D eigenvalue weighted by molar-refractivity contribution is -0.133. The number of halogens is 2. The van der Waals surface area contributed by atoms with Crippen molar-refractivity contribution < 1.29 is 36.8 Å². The Labute approximate surface area is 756 Å². The van der Waals surface area contributed by atoms with Crippen LogP contribution in [0.15, 0.2) is 220 Å². The van der Waals surface area contributed by atoms with Gasteiger partial charge < -0.3 is 32.9 Å². The van der Waals surface area contributed by atoms with Gasteiger partial charge in [-0.1, -0.05) is 152 Å². The van der Waals surface area contributed by atoms with Crippen molar-refractivity contribution in [3.05, 3.63) is 296 Å². The standard InChI is InChI=1S/C27H27N5O2.C26H24FN5O2.C25H25N5OS.C21H24ClN5O2/c1-18-9-10-23(15-19(18)2)24-16-25(21-7-5-4-6-8-21)32(30-24)17-26(33)31-13-11-22(12-14-31)27-29-28-20(3)34-27;1-17-14-21(8-9-22(17)27)23-15-24(19-6-4-3-5-7-19)32(30-23)16-25(33)31-12-10-20(11-13-31)26-29-28-18(2)34-26;1-17-8-9-20(26-15-17)22-14-23(19-6-4-3-5-7-19)30(28-22)16-25(31)29-12-10-21-24(11-13-29)32-18(2)27-21;1-3-18-12-19(16-5-4-6-17(22)11-16)25-27(18)13-20(28)26-9-7-15(8-10-26)21-24-23-14(2)29-21/h4-11,15-16H,12-14,17H2,1-3H3;3-10,14-15H,11-13,16H2,1-2H3;3-9,14-15H,10-13,16H2,1-2H3;4-6,11-12,15H,3,7-10,13H2,1-2H3. The Hall–Kier alpha value is -14.1. The normalized spacial score (nSPS) is 14.0. The van der Waals surface area contributed by atoms with Crippen LogP contribution in [-0.4, -0.2) is 175 Å². The number of pyridine rings is 1. The van der Waals surface area contributed by atoms with Gasteiger partial charge in [-0.2, -0.15) is 20.4 Å². The van der Waals surface area contributed by atoms with Crippen molar-refractivity contribution in [3.8, 4) is 78.9 Å². The fourth-order valence-electron chi connectivity index (χ4n) is 16.1. The first kappa shape index (κ1) is 88.4. The molecule has 1 fully saturated rings. The lowest BCUT2D eigenvalue weighted by atomic mass is 9.97.